The highest BCUT2D eigenvalue weighted by atomic mass is 127. The lowest BCUT2D eigenvalue weighted by molar-refractivity contribution is 0.963. The van der Waals surface area contributed by atoms with Gasteiger partial charge in [0.15, 0.2) is 0 Å². The lowest BCUT2D eigenvalue weighted by Gasteiger charge is -2.14. The maximum atomic E-state index is 4.68. The van der Waals surface area contributed by atoms with Crippen molar-refractivity contribution in [1.29, 1.82) is 0 Å². The fourth-order valence-electron chi connectivity index (χ4n) is 3.07. The number of halogens is 1. The maximum absolute atomic E-state index is 4.68. The maximum Gasteiger partial charge on any atom is 0.0633 e. The number of aromatic nitrogens is 1. The molecule has 0 saturated carbocycles. The molecule has 0 aliphatic rings. The minimum absolute atomic E-state index is 0.989. The molecule has 4 heteroatoms. The summed E-state index contributed by atoms with van der Waals surface area (Å²) in [5.74, 6) is 0. The van der Waals surface area contributed by atoms with Gasteiger partial charge in [-0.25, -0.2) is 0 Å². The van der Waals surface area contributed by atoms with Crippen molar-refractivity contribution in [2.75, 3.05) is 19.0 Å². The van der Waals surface area contributed by atoms with Crippen LogP contribution in [0.15, 0.2) is 53.5 Å². The van der Waals surface area contributed by atoms with Gasteiger partial charge in [0.25, 0.3) is 0 Å². The number of aliphatic imine (C=N–C) groups is 1. The lowest BCUT2D eigenvalue weighted by Crippen LogP contribution is -2.08. The van der Waals surface area contributed by atoms with Gasteiger partial charge in [-0.1, -0.05) is 0 Å². The summed E-state index contributed by atoms with van der Waals surface area (Å²) in [6, 6.07) is 17.1. The zero-order chi connectivity index (χ0) is 18.8. The SMILES string of the molecule is Cc1cc(N=Cc2cc(C)n(-c3ccc(N(C)C)cc3)c2C)ccc1I. The molecule has 0 aliphatic carbocycles. The Morgan fingerprint density at radius 3 is 2.27 bits per heavy atom. The summed E-state index contributed by atoms with van der Waals surface area (Å²) in [7, 11) is 4.12. The average molecular weight is 457 g/mol. The lowest BCUT2D eigenvalue weighted by atomic mass is 10.2. The number of aryl methyl sites for hydroxylation is 2. The van der Waals surface area contributed by atoms with E-state index in [-0.39, 0.29) is 0 Å². The van der Waals surface area contributed by atoms with Gasteiger partial charge >= 0.3 is 0 Å². The first-order valence-electron chi connectivity index (χ1n) is 8.64. The molecule has 3 rings (SSSR count). The Balaban J connectivity index is 1.92. The average Bonchev–Trinajstić information content (AvgIpc) is 2.90. The molecule has 3 aromatic rings. The van der Waals surface area contributed by atoms with E-state index in [1.807, 2.05) is 6.21 Å². The minimum Gasteiger partial charge on any atom is -0.378 e. The number of nitrogens with zero attached hydrogens (tertiary/aromatic N) is 3. The molecule has 0 atom stereocenters. The minimum atomic E-state index is 0.989. The summed E-state index contributed by atoms with van der Waals surface area (Å²) >= 11 is 2.35. The van der Waals surface area contributed by atoms with Crippen molar-refractivity contribution in [1.82, 2.24) is 4.57 Å². The van der Waals surface area contributed by atoms with E-state index in [0.717, 1.165) is 11.3 Å². The Morgan fingerprint density at radius 1 is 0.962 bits per heavy atom. The summed E-state index contributed by atoms with van der Waals surface area (Å²) in [5.41, 5.74) is 8.18. The molecule has 0 spiro atoms. The second-order valence-corrected chi connectivity index (χ2v) is 7.93. The third-order valence-corrected chi connectivity index (χ3v) is 5.80. The van der Waals surface area contributed by atoms with Crippen molar-refractivity contribution >= 4 is 40.2 Å². The summed E-state index contributed by atoms with van der Waals surface area (Å²) in [5, 5.41) is 0. The van der Waals surface area contributed by atoms with Crippen molar-refractivity contribution < 1.29 is 0 Å². The largest absolute Gasteiger partial charge is 0.378 e. The van der Waals surface area contributed by atoms with Gasteiger partial charge in [0.2, 0.25) is 0 Å². The van der Waals surface area contributed by atoms with E-state index in [2.05, 4.69) is 120 Å². The van der Waals surface area contributed by atoms with Gasteiger partial charge in [-0.15, -0.1) is 0 Å². The van der Waals surface area contributed by atoms with Gasteiger partial charge < -0.3 is 9.47 Å². The normalized spacial score (nSPS) is 11.3. The van der Waals surface area contributed by atoms with Gasteiger partial charge in [-0.05, 0) is 97.5 Å². The van der Waals surface area contributed by atoms with Gasteiger partial charge in [-0.2, -0.15) is 0 Å². The molecular formula is C22H24IN3. The van der Waals surface area contributed by atoms with E-state index >= 15 is 0 Å². The molecule has 0 N–H and O–H groups in total. The molecule has 3 nitrogen and oxygen atoms in total. The fraction of sp³-hybridized carbons (Fsp3) is 0.227. The molecule has 0 fully saturated rings. The van der Waals surface area contributed by atoms with E-state index in [0.29, 0.717) is 0 Å². The molecule has 134 valence electrons. The summed E-state index contributed by atoms with van der Waals surface area (Å²) in [6.45, 7) is 6.40. The van der Waals surface area contributed by atoms with Gasteiger partial charge in [-0.3, -0.25) is 4.99 Å². The molecular weight excluding hydrogens is 433 g/mol. The smallest absolute Gasteiger partial charge is 0.0633 e. The van der Waals surface area contributed by atoms with Crippen LogP contribution in [0.3, 0.4) is 0 Å². The van der Waals surface area contributed by atoms with E-state index in [4.69, 9.17) is 0 Å². The van der Waals surface area contributed by atoms with Crippen LogP contribution in [0, 0.1) is 24.3 Å². The van der Waals surface area contributed by atoms with Gasteiger partial charge in [0, 0.05) is 52.2 Å². The monoisotopic (exact) mass is 457 g/mol. The second-order valence-electron chi connectivity index (χ2n) is 6.76. The highest BCUT2D eigenvalue weighted by molar-refractivity contribution is 14.1. The van der Waals surface area contributed by atoms with Crippen molar-refractivity contribution in [2.24, 2.45) is 4.99 Å². The van der Waals surface area contributed by atoms with Gasteiger partial charge in [0.05, 0.1) is 5.69 Å². The Labute approximate surface area is 169 Å². The van der Waals surface area contributed by atoms with Crippen molar-refractivity contribution in [2.45, 2.75) is 20.8 Å². The first kappa shape index (κ1) is 18.7. The summed E-state index contributed by atoms with van der Waals surface area (Å²) < 4.78 is 3.54. The van der Waals surface area contributed by atoms with Crippen LogP contribution in [0.25, 0.3) is 5.69 Å². The second kappa shape index (κ2) is 7.66. The Morgan fingerprint density at radius 2 is 1.65 bits per heavy atom. The van der Waals surface area contributed by atoms with Crippen molar-refractivity contribution in [3.8, 4) is 5.69 Å². The van der Waals surface area contributed by atoms with Crippen LogP contribution in [0.4, 0.5) is 11.4 Å². The Bertz CT molecular complexity index is 950. The molecule has 0 bridgehead atoms. The first-order valence-corrected chi connectivity index (χ1v) is 9.71. The van der Waals surface area contributed by atoms with Crippen LogP contribution in [-0.2, 0) is 0 Å². The number of hydrogen-bond donors (Lipinski definition) is 0. The molecule has 1 heterocycles. The van der Waals surface area contributed by atoms with E-state index in [1.165, 1.54) is 31.9 Å². The van der Waals surface area contributed by atoms with Crippen LogP contribution in [0.2, 0.25) is 0 Å². The van der Waals surface area contributed by atoms with E-state index < -0.39 is 0 Å². The summed E-state index contributed by atoms with van der Waals surface area (Å²) in [6.07, 6.45) is 1.97. The third-order valence-electron chi connectivity index (χ3n) is 4.59. The van der Waals surface area contributed by atoms with Gasteiger partial charge in [0.1, 0.15) is 0 Å². The number of rotatable bonds is 4. The number of benzene rings is 2. The topological polar surface area (TPSA) is 20.5 Å². The predicted molar refractivity (Wildman–Crippen MR) is 121 cm³/mol. The zero-order valence-electron chi connectivity index (χ0n) is 15.9. The zero-order valence-corrected chi connectivity index (χ0v) is 18.1. The molecule has 0 saturated heterocycles. The quantitative estimate of drug-likeness (QED) is 0.357. The van der Waals surface area contributed by atoms with E-state index in [1.54, 1.807) is 0 Å². The molecule has 0 unspecified atom stereocenters. The first-order chi connectivity index (χ1) is 12.4. The highest BCUT2D eigenvalue weighted by Gasteiger charge is 2.09. The third kappa shape index (κ3) is 3.85. The summed E-state index contributed by atoms with van der Waals surface area (Å²) in [4.78, 5) is 6.79. The molecule has 0 aliphatic heterocycles. The van der Waals surface area contributed by atoms with Crippen LogP contribution in [0.1, 0.15) is 22.5 Å². The van der Waals surface area contributed by atoms with Crippen LogP contribution >= 0.6 is 22.6 Å². The van der Waals surface area contributed by atoms with E-state index in [9.17, 15) is 0 Å². The number of anilines is 1. The standard InChI is InChI=1S/C22H24IN3/c1-15-12-19(6-11-22(15)23)24-14-18-13-16(2)26(17(18)3)21-9-7-20(8-10-21)25(4)5/h6-14H,1-5H3. The fourth-order valence-corrected chi connectivity index (χ4v) is 3.40. The molecule has 2 aromatic carbocycles. The molecule has 0 amide bonds. The molecule has 26 heavy (non-hydrogen) atoms. The van der Waals surface area contributed by atoms with Crippen LogP contribution < -0.4 is 4.90 Å². The molecule has 1 aromatic heterocycles. The van der Waals surface area contributed by atoms with Crippen LogP contribution in [-0.4, -0.2) is 24.9 Å². The number of hydrogen-bond acceptors (Lipinski definition) is 2. The van der Waals surface area contributed by atoms with Crippen molar-refractivity contribution in [3.05, 3.63) is 74.6 Å². The highest BCUT2D eigenvalue weighted by Crippen LogP contribution is 2.23. The Kier molecular flexibility index (Phi) is 5.51. The van der Waals surface area contributed by atoms with Crippen molar-refractivity contribution in [3.63, 3.8) is 0 Å². The molecule has 0 radical (unpaired) electrons. The Hall–Kier alpha value is -2.08. The van der Waals surface area contributed by atoms with Crippen LogP contribution in [0.5, 0.6) is 0 Å². The predicted octanol–water partition coefficient (Wildman–Crippen LogP) is 5.82.